The quantitative estimate of drug-likeness (QED) is 0.596. The second kappa shape index (κ2) is 7.94. The zero-order chi connectivity index (χ0) is 19.3. The Morgan fingerprint density at radius 1 is 1.11 bits per heavy atom. The number of nitrogens with zero attached hydrogens (tertiary/aromatic N) is 3. The fourth-order valence-electron chi connectivity index (χ4n) is 2.51. The minimum atomic E-state index is -0.316. The van der Waals surface area contributed by atoms with Gasteiger partial charge in [-0.1, -0.05) is 26.0 Å². The van der Waals surface area contributed by atoms with Crippen LogP contribution in [0.1, 0.15) is 35.6 Å². The number of carbonyl (C=O) groups is 1. The molecule has 0 saturated heterocycles. The number of H-pyrrole nitrogens is 1. The van der Waals surface area contributed by atoms with Crippen molar-refractivity contribution in [1.82, 2.24) is 25.7 Å². The van der Waals surface area contributed by atoms with Crippen molar-refractivity contribution >= 4 is 11.7 Å². The van der Waals surface area contributed by atoms with Gasteiger partial charge >= 0.3 is 0 Å². The molecule has 0 spiro atoms. The van der Waals surface area contributed by atoms with Crippen LogP contribution in [0, 0.1) is 5.82 Å². The number of rotatable bonds is 7. The fraction of sp³-hybridized carbons (Fsp3) is 0.263. The number of hydrogen-bond donors (Lipinski definition) is 3. The van der Waals surface area contributed by atoms with Crippen LogP contribution >= 0.6 is 0 Å². The highest BCUT2D eigenvalue weighted by atomic mass is 19.1. The van der Waals surface area contributed by atoms with E-state index in [1.54, 1.807) is 36.5 Å². The van der Waals surface area contributed by atoms with Crippen LogP contribution in [0.15, 0.2) is 48.7 Å². The maximum Gasteiger partial charge on any atom is 0.272 e. The zero-order valence-electron chi connectivity index (χ0n) is 15.2. The number of amides is 1. The summed E-state index contributed by atoms with van der Waals surface area (Å²) in [4.78, 5) is 12.1. The van der Waals surface area contributed by atoms with E-state index in [0.717, 1.165) is 11.3 Å². The molecule has 0 unspecified atom stereocenters. The summed E-state index contributed by atoms with van der Waals surface area (Å²) in [7, 11) is 0. The molecule has 3 rings (SSSR count). The zero-order valence-corrected chi connectivity index (χ0v) is 15.2. The van der Waals surface area contributed by atoms with E-state index < -0.39 is 0 Å². The summed E-state index contributed by atoms with van der Waals surface area (Å²) in [5.41, 5.74) is 1.75. The number of carbonyl (C=O) groups excluding carboxylic acids is 1. The predicted molar refractivity (Wildman–Crippen MR) is 99.7 cm³/mol. The topological polar surface area (TPSA) is 95.6 Å². The Morgan fingerprint density at radius 3 is 2.52 bits per heavy atom. The fourth-order valence-corrected chi connectivity index (χ4v) is 2.51. The van der Waals surface area contributed by atoms with Gasteiger partial charge < -0.3 is 10.6 Å². The van der Waals surface area contributed by atoms with E-state index in [9.17, 15) is 9.18 Å². The Morgan fingerprint density at radius 2 is 1.89 bits per heavy atom. The molecule has 140 valence electrons. The van der Waals surface area contributed by atoms with Crippen molar-refractivity contribution in [1.29, 1.82) is 0 Å². The molecule has 0 bridgehead atoms. The molecule has 0 aliphatic heterocycles. The molecule has 1 aromatic carbocycles. The molecule has 0 atom stereocenters. The summed E-state index contributed by atoms with van der Waals surface area (Å²) in [5.74, 6) is -0.00717. The van der Waals surface area contributed by atoms with E-state index >= 15 is 0 Å². The van der Waals surface area contributed by atoms with Gasteiger partial charge in [0.05, 0.1) is 12.2 Å². The number of hydrogen-bond acceptors (Lipinski definition) is 5. The smallest absolute Gasteiger partial charge is 0.272 e. The number of aromatic nitrogens is 4. The van der Waals surface area contributed by atoms with Crippen LogP contribution in [0.5, 0.6) is 0 Å². The van der Waals surface area contributed by atoms with Crippen LogP contribution in [-0.2, 0) is 12.0 Å². The molecule has 0 aliphatic rings. The highest BCUT2D eigenvalue weighted by Crippen LogP contribution is 2.23. The van der Waals surface area contributed by atoms with Gasteiger partial charge in [-0.3, -0.25) is 9.89 Å². The Hall–Kier alpha value is -3.29. The molecule has 0 fully saturated rings. The lowest BCUT2D eigenvalue weighted by atomic mass is 9.84. The van der Waals surface area contributed by atoms with Gasteiger partial charge in [-0.05, 0) is 35.9 Å². The van der Waals surface area contributed by atoms with Crippen LogP contribution in [0.4, 0.5) is 10.2 Å². The largest absolute Gasteiger partial charge is 0.368 e. The van der Waals surface area contributed by atoms with E-state index in [4.69, 9.17) is 0 Å². The summed E-state index contributed by atoms with van der Waals surface area (Å²) in [5, 5.41) is 20.6. The third kappa shape index (κ3) is 4.87. The molecule has 2 heterocycles. The van der Waals surface area contributed by atoms with E-state index in [-0.39, 0.29) is 22.8 Å². The SMILES string of the molecule is CC(C)(CNc1ccc(C(=O)NCc2cc[nH]n2)nn1)c1ccc(F)cc1. The standard InChI is InChI=1S/C19H21FN6O/c1-19(2,13-3-5-14(20)6-4-13)12-22-17-8-7-16(25-26-17)18(27)21-11-15-9-10-23-24-15/h3-10H,11-12H2,1-2H3,(H,21,27)(H,22,26)(H,23,24). The molecule has 0 radical (unpaired) electrons. The van der Waals surface area contributed by atoms with Crippen molar-refractivity contribution in [2.45, 2.75) is 25.8 Å². The summed E-state index contributed by atoms with van der Waals surface area (Å²) in [6.07, 6.45) is 1.69. The molecule has 27 heavy (non-hydrogen) atoms. The average Bonchev–Trinajstić information content (AvgIpc) is 3.19. The average molecular weight is 368 g/mol. The Kier molecular flexibility index (Phi) is 5.44. The summed E-state index contributed by atoms with van der Waals surface area (Å²) >= 11 is 0. The maximum absolute atomic E-state index is 13.1. The van der Waals surface area contributed by atoms with Gasteiger partial charge in [0.2, 0.25) is 0 Å². The lowest BCUT2D eigenvalue weighted by Crippen LogP contribution is -2.28. The first-order chi connectivity index (χ1) is 12.9. The van der Waals surface area contributed by atoms with Crippen molar-refractivity contribution < 1.29 is 9.18 Å². The molecular weight excluding hydrogens is 347 g/mol. The van der Waals surface area contributed by atoms with Crippen molar-refractivity contribution in [3.8, 4) is 0 Å². The van der Waals surface area contributed by atoms with Crippen LogP contribution < -0.4 is 10.6 Å². The lowest BCUT2D eigenvalue weighted by molar-refractivity contribution is 0.0944. The van der Waals surface area contributed by atoms with Gasteiger partial charge in [-0.2, -0.15) is 5.10 Å². The van der Waals surface area contributed by atoms with Gasteiger partial charge in [0.25, 0.3) is 5.91 Å². The van der Waals surface area contributed by atoms with E-state index in [0.29, 0.717) is 18.9 Å². The van der Waals surface area contributed by atoms with Gasteiger partial charge in [-0.15, -0.1) is 10.2 Å². The van der Waals surface area contributed by atoms with Crippen LogP contribution in [-0.4, -0.2) is 32.8 Å². The van der Waals surface area contributed by atoms with Crippen LogP contribution in [0.2, 0.25) is 0 Å². The highest BCUT2D eigenvalue weighted by Gasteiger charge is 2.20. The Bertz CT molecular complexity index is 876. The second-order valence-electron chi connectivity index (χ2n) is 6.80. The molecule has 7 nitrogen and oxygen atoms in total. The Balaban J connectivity index is 1.55. The van der Waals surface area contributed by atoms with Gasteiger partial charge in [-0.25, -0.2) is 4.39 Å². The van der Waals surface area contributed by atoms with Crippen LogP contribution in [0.25, 0.3) is 0 Å². The molecule has 8 heteroatoms. The van der Waals surface area contributed by atoms with Gasteiger partial charge in [0.1, 0.15) is 11.6 Å². The lowest BCUT2D eigenvalue weighted by Gasteiger charge is -2.25. The van der Waals surface area contributed by atoms with E-state index in [2.05, 4.69) is 44.9 Å². The van der Waals surface area contributed by atoms with Gasteiger partial charge in [0, 0.05) is 18.2 Å². The first kappa shape index (κ1) is 18.5. The van der Waals surface area contributed by atoms with Crippen molar-refractivity contribution in [2.75, 3.05) is 11.9 Å². The summed E-state index contributed by atoms with van der Waals surface area (Å²) in [6, 6.07) is 11.5. The first-order valence-corrected chi connectivity index (χ1v) is 8.54. The minimum absolute atomic E-state index is 0.227. The van der Waals surface area contributed by atoms with Crippen molar-refractivity contribution in [3.63, 3.8) is 0 Å². The second-order valence-corrected chi connectivity index (χ2v) is 6.80. The number of halogens is 1. The first-order valence-electron chi connectivity index (χ1n) is 8.54. The number of benzene rings is 1. The molecule has 0 aliphatic carbocycles. The summed E-state index contributed by atoms with van der Waals surface area (Å²) in [6.45, 7) is 5.00. The molecule has 2 aromatic heterocycles. The minimum Gasteiger partial charge on any atom is -0.368 e. The highest BCUT2D eigenvalue weighted by molar-refractivity contribution is 5.92. The van der Waals surface area contributed by atoms with Crippen LogP contribution in [0.3, 0.4) is 0 Å². The van der Waals surface area contributed by atoms with Crippen molar-refractivity contribution in [2.24, 2.45) is 0 Å². The third-order valence-corrected chi connectivity index (χ3v) is 4.22. The predicted octanol–water partition coefficient (Wildman–Crippen LogP) is 2.66. The molecule has 3 N–H and O–H groups in total. The van der Waals surface area contributed by atoms with Gasteiger partial charge in [0.15, 0.2) is 5.69 Å². The maximum atomic E-state index is 13.1. The monoisotopic (exact) mass is 368 g/mol. The number of nitrogens with one attached hydrogen (secondary N) is 3. The number of anilines is 1. The van der Waals surface area contributed by atoms with Crippen molar-refractivity contribution in [3.05, 3.63) is 71.4 Å². The molecule has 0 saturated carbocycles. The van der Waals surface area contributed by atoms with E-state index in [1.165, 1.54) is 12.1 Å². The van der Waals surface area contributed by atoms with E-state index in [1.807, 2.05) is 0 Å². The summed E-state index contributed by atoms with van der Waals surface area (Å²) < 4.78 is 13.1. The molecular formula is C19H21FN6O. The number of aromatic amines is 1. The third-order valence-electron chi connectivity index (χ3n) is 4.22. The molecule has 3 aromatic rings. The normalized spacial score (nSPS) is 11.2. The Labute approximate surface area is 156 Å². The molecule has 1 amide bonds.